The van der Waals surface area contributed by atoms with Crippen LogP contribution in [0.15, 0.2) is 57.9 Å². The number of likely N-dealkylation sites (N-methyl/N-ethyl adjacent to an activating group) is 1. The topological polar surface area (TPSA) is 129 Å². The number of aromatic nitrogens is 1. The standard InChI is InChI=1S/C25H28N4O5S/c1-29(25(32)20-13-22(30)28-34-20)23(17-8-6-16(7-9-17)15-33-2)24(31)27-19-10-11-21(35(3,4)5)18(12-19)14-26/h6-13,23H,15H2,1-5H3,(H,27,31)(H,28,30). The van der Waals surface area contributed by atoms with Gasteiger partial charge in [0.2, 0.25) is 5.76 Å². The van der Waals surface area contributed by atoms with Crippen molar-refractivity contribution in [1.29, 1.82) is 5.26 Å². The number of anilines is 1. The van der Waals surface area contributed by atoms with E-state index >= 15 is 0 Å². The number of nitrogens with zero attached hydrogens (tertiary/aromatic N) is 3. The third-order valence-corrected chi connectivity index (χ3v) is 6.97. The third-order valence-electron chi connectivity index (χ3n) is 5.30. The lowest BCUT2D eigenvalue weighted by Gasteiger charge is -2.28. The van der Waals surface area contributed by atoms with Crippen molar-refractivity contribution in [1.82, 2.24) is 10.1 Å². The van der Waals surface area contributed by atoms with Gasteiger partial charge in [0.25, 0.3) is 17.7 Å². The molecular weight excluding hydrogens is 468 g/mol. The predicted octanol–water partition coefficient (Wildman–Crippen LogP) is 3.90. The Labute approximate surface area is 205 Å². The first kappa shape index (κ1) is 25.8. The summed E-state index contributed by atoms with van der Waals surface area (Å²) in [6, 6.07) is 14.6. The quantitative estimate of drug-likeness (QED) is 0.484. The summed E-state index contributed by atoms with van der Waals surface area (Å²) in [5.41, 5.74) is 2.40. The molecular formula is C25H28N4O5S. The number of hydrogen-bond acceptors (Lipinski definition) is 7. The van der Waals surface area contributed by atoms with Crippen LogP contribution in [-0.4, -0.2) is 59.9 Å². The second-order valence-electron chi connectivity index (χ2n) is 8.69. The first-order valence-electron chi connectivity index (χ1n) is 10.6. The van der Waals surface area contributed by atoms with Gasteiger partial charge >= 0.3 is 0 Å². The number of ether oxygens (including phenoxy) is 1. The van der Waals surface area contributed by atoms with Crippen molar-refractivity contribution in [2.45, 2.75) is 17.5 Å². The Morgan fingerprint density at radius 1 is 1.20 bits per heavy atom. The van der Waals surface area contributed by atoms with E-state index in [1.165, 1.54) is 11.9 Å². The van der Waals surface area contributed by atoms with Gasteiger partial charge in [-0.3, -0.25) is 9.59 Å². The lowest BCUT2D eigenvalue weighted by Crippen LogP contribution is -2.38. The summed E-state index contributed by atoms with van der Waals surface area (Å²) in [6.45, 7) is 0.405. The Bertz CT molecular complexity index is 1260. The van der Waals surface area contributed by atoms with E-state index in [0.717, 1.165) is 16.5 Å². The van der Waals surface area contributed by atoms with Crippen molar-refractivity contribution in [3.05, 3.63) is 71.0 Å². The van der Waals surface area contributed by atoms with Gasteiger partial charge in [-0.05, 0) is 53.2 Å². The third kappa shape index (κ3) is 6.01. The van der Waals surface area contributed by atoms with Crippen molar-refractivity contribution in [2.75, 3.05) is 38.2 Å². The molecule has 2 N–H and O–H groups in total. The number of benzene rings is 2. The van der Waals surface area contributed by atoms with E-state index in [-0.39, 0.29) is 5.76 Å². The number of methoxy groups -OCH3 is 1. The smallest absolute Gasteiger partial charge is 0.293 e. The number of rotatable bonds is 8. The van der Waals surface area contributed by atoms with Crippen LogP contribution >= 0.6 is 10.0 Å². The molecule has 35 heavy (non-hydrogen) atoms. The molecule has 0 radical (unpaired) electrons. The maximum absolute atomic E-state index is 13.5. The SMILES string of the molecule is COCc1ccc(C(C(=O)Nc2ccc(S(C)(C)C)c(C#N)c2)N(C)C(=O)c2cc(O)no2)cc1. The minimum atomic E-state index is -1.15. The van der Waals surface area contributed by atoms with E-state index in [9.17, 15) is 20.0 Å². The second-order valence-corrected chi connectivity index (χ2v) is 12.8. The van der Waals surface area contributed by atoms with E-state index in [1.807, 2.05) is 18.2 Å². The molecule has 1 atom stereocenters. The van der Waals surface area contributed by atoms with E-state index in [4.69, 9.17) is 9.26 Å². The summed E-state index contributed by atoms with van der Waals surface area (Å²) in [5, 5.41) is 25.3. The van der Waals surface area contributed by atoms with Crippen LogP contribution < -0.4 is 5.32 Å². The van der Waals surface area contributed by atoms with Crippen molar-refractivity contribution in [3.8, 4) is 11.9 Å². The first-order chi connectivity index (χ1) is 16.5. The molecule has 1 aromatic heterocycles. The Balaban J connectivity index is 1.96. The number of carbonyl (C=O) groups excluding carboxylic acids is 2. The zero-order valence-electron chi connectivity index (χ0n) is 20.2. The molecule has 184 valence electrons. The molecule has 0 bridgehead atoms. The van der Waals surface area contributed by atoms with Gasteiger partial charge < -0.3 is 24.6 Å². The number of carbonyl (C=O) groups is 2. The van der Waals surface area contributed by atoms with E-state index < -0.39 is 33.8 Å². The molecule has 0 aliphatic heterocycles. The van der Waals surface area contributed by atoms with Crippen LogP contribution in [0.5, 0.6) is 5.88 Å². The number of amides is 2. The molecule has 0 saturated carbocycles. The Morgan fingerprint density at radius 3 is 2.43 bits per heavy atom. The van der Waals surface area contributed by atoms with E-state index in [1.54, 1.807) is 31.4 Å². The molecule has 2 amide bonds. The molecule has 0 saturated heterocycles. The molecule has 3 rings (SSSR count). The minimum absolute atomic E-state index is 0.205. The molecule has 3 aromatic rings. The van der Waals surface area contributed by atoms with Crippen molar-refractivity contribution in [2.24, 2.45) is 0 Å². The first-order valence-corrected chi connectivity index (χ1v) is 13.4. The van der Waals surface area contributed by atoms with Crippen molar-refractivity contribution >= 4 is 27.5 Å². The molecule has 0 fully saturated rings. The highest BCUT2D eigenvalue weighted by molar-refractivity contribution is 8.32. The summed E-state index contributed by atoms with van der Waals surface area (Å²) in [4.78, 5) is 28.6. The van der Waals surface area contributed by atoms with Gasteiger partial charge in [0.05, 0.1) is 18.2 Å². The maximum atomic E-state index is 13.5. The van der Waals surface area contributed by atoms with Crippen LogP contribution in [-0.2, 0) is 16.1 Å². The normalized spacial score (nSPS) is 12.5. The lowest BCUT2D eigenvalue weighted by atomic mass is 10.0. The number of nitrogens with one attached hydrogen (secondary N) is 1. The van der Waals surface area contributed by atoms with Crippen molar-refractivity contribution in [3.63, 3.8) is 0 Å². The Hall–Kier alpha value is -3.81. The van der Waals surface area contributed by atoms with Gasteiger partial charge in [-0.2, -0.15) is 5.26 Å². The maximum Gasteiger partial charge on any atom is 0.293 e. The second kappa shape index (κ2) is 10.6. The fourth-order valence-electron chi connectivity index (χ4n) is 3.61. The largest absolute Gasteiger partial charge is 0.491 e. The van der Waals surface area contributed by atoms with Crippen molar-refractivity contribution < 1.29 is 24.0 Å². The predicted molar refractivity (Wildman–Crippen MR) is 134 cm³/mol. The molecule has 10 heteroatoms. The molecule has 0 aliphatic carbocycles. The Kier molecular flexibility index (Phi) is 7.84. The van der Waals surface area contributed by atoms with Crippen LogP contribution in [0.2, 0.25) is 0 Å². The van der Waals surface area contributed by atoms with Gasteiger partial charge in [0.1, 0.15) is 12.1 Å². The summed E-state index contributed by atoms with van der Waals surface area (Å²) in [6.07, 6.45) is 6.27. The van der Waals surface area contributed by atoms with E-state index in [0.29, 0.717) is 23.4 Å². The van der Waals surface area contributed by atoms with Gasteiger partial charge in [-0.25, -0.2) is 10.0 Å². The van der Waals surface area contributed by atoms with Gasteiger partial charge in [0, 0.05) is 24.7 Å². The molecule has 0 spiro atoms. The highest BCUT2D eigenvalue weighted by Crippen LogP contribution is 2.47. The van der Waals surface area contributed by atoms with Gasteiger partial charge in [-0.1, -0.05) is 24.3 Å². The summed E-state index contributed by atoms with van der Waals surface area (Å²) in [7, 11) is 1.90. The molecule has 2 aromatic carbocycles. The zero-order chi connectivity index (χ0) is 25.8. The van der Waals surface area contributed by atoms with E-state index in [2.05, 4.69) is 35.3 Å². The van der Waals surface area contributed by atoms with Gasteiger partial charge in [0.15, 0.2) is 0 Å². The number of aromatic hydroxyl groups is 1. The molecule has 0 aliphatic rings. The minimum Gasteiger partial charge on any atom is -0.491 e. The molecule has 1 unspecified atom stereocenters. The molecule has 1 heterocycles. The van der Waals surface area contributed by atoms with Crippen LogP contribution in [0, 0.1) is 11.3 Å². The van der Waals surface area contributed by atoms with Gasteiger partial charge in [-0.15, -0.1) is 0 Å². The molecule has 9 nitrogen and oxygen atoms in total. The summed E-state index contributed by atoms with van der Waals surface area (Å²) in [5.74, 6) is -1.76. The highest BCUT2D eigenvalue weighted by atomic mass is 32.3. The number of nitriles is 1. The monoisotopic (exact) mass is 496 g/mol. The average Bonchev–Trinajstić information content (AvgIpc) is 3.25. The fraction of sp³-hybridized carbons (Fsp3) is 0.280. The highest BCUT2D eigenvalue weighted by Gasteiger charge is 2.31. The Morgan fingerprint density at radius 2 is 1.89 bits per heavy atom. The summed E-state index contributed by atoms with van der Waals surface area (Å²) < 4.78 is 10.0. The number of hydrogen-bond donors (Lipinski definition) is 2. The van der Waals surface area contributed by atoms with Crippen LogP contribution in [0.4, 0.5) is 5.69 Å². The van der Waals surface area contributed by atoms with Crippen LogP contribution in [0.3, 0.4) is 0 Å². The van der Waals surface area contributed by atoms with Crippen LogP contribution in [0.1, 0.15) is 33.3 Å². The lowest BCUT2D eigenvalue weighted by molar-refractivity contribution is -0.120. The van der Waals surface area contributed by atoms with Crippen LogP contribution in [0.25, 0.3) is 0 Å². The zero-order valence-corrected chi connectivity index (χ0v) is 21.0. The summed E-state index contributed by atoms with van der Waals surface area (Å²) >= 11 is 0. The average molecular weight is 497 g/mol. The fourth-order valence-corrected chi connectivity index (χ4v) is 4.85.